The molecule has 0 spiro atoms. The molecule has 0 saturated carbocycles. The summed E-state index contributed by atoms with van der Waals surface area (Å²) in [5.41, 5.74) is 0.654. The first kappa shape index (κ1) is 14.3. The van der Waals surface area contributed by atoms with Crippen LogP contribution in [0, 0.1) is 0 Å². The monoisotopic (exact) mass is 278 g/mol. The van der Waals surface area contributed by atoms with Gasteiger partial charge in [0.1, 0.15) is 11.5 Å². The Morgan fingerprint density at radius 2 is 2.20 bits per heavy atom. The van der Waals surface area contributed by atoms with Crippen LogP contribution in [0.3, 0.4) is 0 Å². The molecule has 1 aromatic heterocycles. The van der Waals surface area contributed by atoms with Crippen molar-refractivity contribution in [3.63, 3.8) is 0 Å². The van der Waals surface area contributed by atoms with E-state index in [1.807, 2.05) is 6.92 Å². The van der Waals surface area contributed by atoms with Crippen molar-refractivity contribution in [2.24, 2.45) is 0 Å². The molecule has 0 saturated heterocycles. The van der Waals surface area contributed by atoms with Crippen LogP contribution in [0.15, 0.2) is 22.7 Å². The standard InChI is InChI=1S/C14H18N2O4/c1-3-4-14-15-13(16-20-14)9-19-12-6-5-11(18-2)7-10(12)8-17/h5-7,17H,3-4,8-9H2,1-2H3. The third-order valence-electron chi connectivity index (χ3n) is 2.77. The molecule has 1 heterocycles. The maximum atomic E-state index is 9.32. The van der Waals surface area contributed by atoms with Crippen molar-refractivity contribution in [3.05, 3.63) is 35.5 Å². The molecule has 0 fully saturated rings. The van der Waals surface area contributed by atoms with Gasteiger partial charge in [-0.25, -0.2) is 0 Å². The Morgan fingerprint density at radius 3 is 2.90 bits per heavy atom. The number of nitrogens with zero attached hydrogens (tertiary/aromatic N) is 2. The largest absolute Gasteiger partial charge is 0.497 e. The van der Waals surface area contributed by atoms with Crippen molar-refractivity contribution in [2.45, 2.75) is 33.0 Å². The summed E-state index contributed by atoms with van der Waals surface area (Å²) in [5.74, 6) is 2.36. The molecule has 0 radical (unpaired) electrons. The minimum absolute atomic E-state index is 0.125. The van der Waals surface area contributed by atoms with Crippen molar-refractivity contribution in [1.82, 2.24) is 10.1 Å². The molecule has 0 atom stereocenters. The van der Waals surface area contributed by atoms with Gasteiger partial charge in [-0.15, -0.1) is 0 Å². The summed E-state index contributed by atoms with van der Waals surface area (Å²) in [6, 6.07) is 5.25. The van der Waals surface area contributed by atoms with Crippen molar-refractivity contribution >= 4 is 0 Å². The second kappa shape index (κ2) is 6.91. The van der Waals surface area contributed by atoms with Crippen LogP contribution >= 0.6 is 0 Å². The van der Waals surface area contributed by atoms with Gasteiger partial charge >= 0.3 is 0 Å². The zero-order valence-electron chi connectivity index (χ0n) is 11.6. The molecule has 1 aromatic carbocycles. The van der Waals surface area contributed by atoms with E-state index in [-0.39, 0.29) is 13.2 Å². The van der Waals surface area contributed by atoms with Gasteiger partial charge in [0.15, 0.2) is 6.61 Å². The topological polar surface area (TPSA) is 77.6 Å². The normalized spacial score (nSPS) is 10.6. The summed E-state index contributed by atoms with van der Waals surface area (Å²) in [6.45, 7) is 2.12. The number of aliphatic hydroxyl groups is 1. The van der Waals surface area contributed by atoms with Gasteiger partial charge in [-0.2, -0.15) is 4.98 Å². The van der Waals surface area contributed by atoms with Crippen LogP contribution in [0.5, 0.6) is 11.5 Å². The van der Waals surface area contributed by atoms with Gasteiger partial charge in [-0.05, 0) is 24.6 Å². The van der Waals surface area contributed by atoms with E-state index < -0.39 is 0 Å². The molecule has 1 N–H and O–H groups in total. The average molecular weight is 278 g/mol. The van der Waals surface area contributed by atoms with Crippen LogP contribution in [-0.2, 0) is 19.6 Å². The van der Waals surface area contributed by atoms with Crippen LogP contribution in [0.2, 0.25) is 0 Å². The summed E-state index contributed by atoms with van der Waals surface area (Å²) in [5, 5.41) is 13.2. The predicted octanol–water partition coefficient (Wildman–Crippen LogP) is 2.10. The van der Waals surface area contributed by atoms with Gasteiger partial charge in [0.2, 0.25) is 11.7 Å². The van der Waals surface area contributed by atoms with E-state index in [2.05, 4.69) is 10.1 Å². The van der Waals surface area contributed by atoms with Crippen LogP contribution < -0.4 is 9.47 Å². The Balaban J connectivity index is 2.02. The lowest BCUT2D eigenvalue weighted by Crippen LogP contribution is -2.01. The van der Waals surface area contributed by atoms with E-state index in [4.69, 9.17) is 14.0 Å². The molecule has 2 aromatic rings. The molecule has 0 aliphatic carbocycles. The number of hydrogen-bond donors (Lipinski definition) is 1. The minimum atomic E-state index is -0.125. The first-order chi connectivity index (χ1) is 9.76. The molecule has 108 valence electrons. The van der Waals surface area contributed by atoms with Gasteiger partial charge in [-0.1, -0.05) is 12.1 Å². The van der Waals surface area contributed by atoms with Crippen molar-refractivity contribution in [3.8, 4) is 11.5 Å². The maximum Gasteiger partial charge on any atom is 0.226 e. The molecular formula is C14H18N2O4. The fourth-order valence-electron chi connectivity index (χ4n) is 1.75. The number of methoxy groups -OCH3 is 1. The number of aliphatic hydroxyl groups excluding tert-OH is 1. The zero-order valence-corrected chi connectivity index (χ0v) is 11.6. The second-order valence-corrected chi connectivity index (χ2v) is 4.27. The molecule has 6 heteroatoms. The van der Waals surface area contributed by atoms with Gasteiger partial charge in [0.05, 0.1) is 13.7 Å². The van der Waals surface area contributed by atoms with Crippen LogP contribution in [0.1, 0.15) is 30.6 Å². The van der Waals surface area contributed by atoms with E-state index in [9.17, 15) is 5.11 Å². The predicted molar refractivity (Wildman–Crippen MR) is 71.5 cm³/mol. The highest BCUT2D eigenvalue weighted by molar-refractivity contribution is 5.39. The molecule has 2 rings (SSSR count). The number of ether oxygens (including phenoxy) is 2. The lowest BCUT2D eigenvalue weighted by molar-refractivity contribution is 0.252. The van der Waals surface area contributed by atoms with Gasteiger partial charge in [-0.3, -0.25) is 0 Å². The fraction of sp³-hybridized carbons (Fsp3) is 0.429. The number of rotatable bonds is 7. The summed E-state index contributed by atoms with van der Waals surface area (Å²) < 4.78 is 15.8. The maximum absolute atomic E-state index is 9.32. The van der Waals surface area contributed by atoms with Gasteiger partial charge < -0.3 is 19.1 Å². The van der Waals surface area contributed by atoms with Gasteiger partial charge in [0.25, 0.3) is 0 Å². The third-order valence-corrected chi connectivity index (χ3v) is 2.77. The van der Waals surface area contributed by atoms with Crippen LogP contribution in [0.4, 0.5) is 0 Å². The van der Waals surface area contributed by atoms with Gasteiger partial charge in [0, 0.05) is 12.0 Å². The van der Waals surface area contributed by atoms with E-state index in [1.54, 1.807) is 25.3 Å². The Bertz CT molecular complexity index is 554. The first-order valence-corrected chi connectivity index (χ1v) is 6.48. The first-order valence-electron chi connectivity index (χ1n) is 6.48. The minimum Gasteiger partial charge on any atom is -0.497 e. The average Bonchev–Trinajstić information content (AvgIpc) is 2.93. The summed E-state index contributed by atoms with van der Waals surface area (Å²) in [4.78, 5) is 4.21. The Labute approximate surface area is 117 Å². The SMILES string of the molecule is CCCc1nc(COc2ccc(OC)cc2CO)no1. The third kappa shape index (κ3) is 3.48. The summed E-state index contributed by atoms with van der Waals surface area (Å²) >= 11 is 0. The molecular weight excluding hydrogens is 260 g/mol. The number of aryl methyl sites for hydroxylation is 1. The number of aromatic nitrogens is 2. The van der Waals surface area contributed by atoms with Crippen molar-refractivity contribution in [1.29, 1.82) is 0 Å². The Kier molecular flexibility index (Phi) is 4.95. The molecule has 0 aliphatic rings. The molecule has 0 unspecified atom stereocenters. The number of benzene rings is 1. The summed E-state index contributed by atoms with van der Waals surface area (Å²) in [6.07, 6.45) is 1.72. The quantitative estimate of drug-likeness (QED) is 0.835. The van der Waals surface area contributed by atoms with Crippen LogP contribution in [-0.4, -0.2) is 22.4 Å². The molecule has 20 heavy (non-hydrogen) atoms. The Morgan fingerprint density at radius 1 is 1.35 bits per heavy atom. The molecule has 0 amide bonds. The molecule has 6 nitrogen and oxygen atoms in total. The van der Waals surface area contributed by atoms with E-state index >= 15 is 0 Å². The lowest BCUT2D eigenvalue weighted by atomic mass is 10.2. The van der Waals surface area contributed by atoms with Crippen molar-refractivity contribution in [2.75, 3.05) is 7.11 Å². The highest BCUT2D eigenvalue weighted by Gasteiger charge is 2.09. The highest BCUT2D eigenvalue weighted by Crippen LogP contribution is 2.24. The lowest BCUT2D eigenvalue weighted by Gasteiger charge is -2.09. The fourth-order valence-corrected chi connectivity index (χ4v) is 1.75. The van der Waals surface area contributed by atoms with E-state index in [0.29, 0.717) is 28.8 Å². The molecule has 0 aliphatic heterocycles. The van der Waals surface area contributed by atoms with Crippen LogP contribution in [0.25, 0.3) is 0 Å². The van der Waals surface area contributed by atoms with E-state index in [0.717, 1.165) is 12.8 Å². The van der Waals surface area contributed by atoms with E-state index in [1.165, 1.54) is 0 Å². The highest BCUT2D eigenvalue weighted by atomic mass is 16.5. The number of hydrogen-bond acceptors (Lipinski definition) is 6. The summed E-state index contributed by atoms with van der Waals surface area (Å²) in [7, 11) is 1.57. The smallest absolute Gasteiger partial charge is 0.226 e. The molecule has 0 bridgehead atoms. The zero-order chi connectivity index (χ0) is 14.4. The Hall–Kier alpha value is -2.08. The van der Waals surface area contributed by atoms with Crippen molar-refractivity contribution < 1.29 is 19.1 Å². The second-order valence-electron chi connectivity index (χ2n) is 4.27.